The van der Waals surface area contributed by atoms with Crippen molar-refractivity contribution in [1.82, 2.24) is 24.3 Å². The maximum Gasteiger partial charge on any atom is 0.164 e. The van der Waals surface area contributed by atoms with E-state index in [1.54, 1.807) is 10.8 Å². The fourth-order valence-corrected chi connectivity index (χ4v) is 6.11. The van der Waals surface area contributed by atoms with Crippen LogP contribution in [0.25, 0.3) is 11.0 Å². The Labute approximate surface area is 186 Å². The van der Waals surface area contributed by atoms with Crippen molar-refractivity contribution in [3.05, 3.63) is 18.6 Å². The molecular formula is C22H32N6O4. The molecule has 0 unspecified atom stereocenters. The number of aliphatic hydroxyl groups is 2. The van der Waals surface area contributed by atoms with Crippen LogP contribution in [0.5, 0.6) is 0 Å². The van der Waals surface area contributed by atoms with Crippen LogP contribution in [0.15, 0.2) is 18.6 Å². The largest absolute Gasteiger partial charge is 0.387 e. The number of nitrogens with zero attached hydrogens (tertiary/aromatic N) is 5. The highest BCUT2D eigenvalue weighted by Gasteiger charge is 2.49. The number of fused-ring (bicyclic) bond motifs is 1. The maximum atomic E-state index is 10.9. The van der Waals surface area contributed by atoms with Gasteiger partial charge in [0.2, 0.25) is 0 Å². The van der Waals surface area contributed by atoms with E-state index < -0.39 is 24.5 Å². The van der Waals surface area contributed by atoms with Crippen LogP contribution < -0.4 is 5.73 Å². The number of aliphatic hydroxyl groups excluding tert-OH is 2. The quantitative estimate of drug-likeness (QED) is 0.596. The van der Waals surface area contributed by atoms with Gasteiger partial charge in [-0.05, 0) is 38.3 Å². The van der Waals surface area contributed by atoms with E-state index in [-0.39, 0.29) is 5.54 Å². The first-order chi connectivity index (χ1) is 15.6. The van der Waals surface area contributed by atoms with Crippen molar-refractivity contribution in [3.63, 3.8) is 0 Å². The molecule has 10 nitrogen and oxygen atoms in total. The maximum absolute atomic E-state index is 10.9. The lowest BCUT2D eigenvalue weighted by atomic mass is 9.84. The Kier molecular flexibility index (Phi) is 5.12. The SMILES string of the molecule is Nc1ncnc2c1ccn2[C@@H]1O[C@H](CN2CCCC23CCN(C2COC2)CC3)[C@@H](O)[C@H]1O. The molecule has 0 radical (unpaired) electrons. The Morgan fingerprint density at radius 1 is 1.09 bits per heavy atom. The number of anilines is 1. The highest BCUT2D eigenvalue weighted by atomic mass is 16.6. The van der Waals surface area contributed by atoms with Gasteiger partial charge in [-0.3, -0.25) is 9.80 Å². The number of nitrogens with two attached hydrogens (primary N) is 1. The topological polar surface area (TPSA) is 122 Å². The van der Waals surface area contributed by atoms with Gasteiger partial charge in [-0.2, -0.15) is 0 Å². The summed E-state index contributed by atoms with van der Waals surface area (Å²) in [6.07, 6.45) is 4.66. The van der Waals surface area contributed by atoms with E-state index >= 15 is 0 Å². The molecule has 4 fully saturated rings. The molecule has 0 aromatic carbocycles. The van der Waals surface area contributed by atoms with Crippen LogP contribution in [-0.4, -0.2) is 104 Å². The Bertz CT molecular complexity index is 972. The summed E-state index contributed by atoms with van der Waals surface area (Å²) < 4.78 is 13.4. The number of hydrogen-bond acceptors (Lipinski definition) is 9. The van der Waals surface area contributed by atoms with Gasteiger partial charge in [0.15, 0.2) is 6.23 Å². The summed E-state index contributed by atoms with van der Waals surface area (Å²) >= 11 is 0. The van der Waals surface area contributed by atoms with Crippen molar-refractivity contribution in [3.8, 4) is 0 Å². The summed E-state index contributed by atoms with van der Waals surface area (Å²) in [6, 6.07) is 2.41. The molecular weight excluding hydrogens is 412 g/mol. The lowest BCUT2D eigenvalue weighted by Gasteiger charge is -2.49. The minimum atomic E-state index is -1.04. The van der Waals surface area contributed by atoms with E-state index in [1.807, 2.05) is 6.07 Å². The number of ether oxygens (including phenoxy) is 2. The molecule has 2 aromatic heterocycles. The van der Waals surface area contributed by atoms with Gasteiger partial charge in [-0.1, -0.05) is 0 Å². The molecule has 4 saturated heterocycles. The standard InChI is InChI=1S/C22H32N6O4/c23-19-15-2-7-28(20(15)25-13-24-19)21-18(30)17(29)16(32-21)10-27-6-1-3-22(27)4-8-26(9-5-22)14-11-31-12-14/h2,7,13-14,16-18,21,29-30H,1,3-6,8-12H2,(H2,23,24,25)/t16-,17-,18-,21-/m1/s1. The molecule has 6 rings (SSSR count). The van der Waals surface area contributed by atoms with Gasteiger partial charge < -0.3 is 30.0 Å². The minimum absolute atomic E-state index is 0.176. The average Bonchev–Trinajstić information content (AvgIpc) is 3.42. The molecule has 4 aliphatic rings. The zero-order chi connectivity index (χ0) is 21.9. The summed E-state index contributed by atoms with van der Waals surface area (Å²) in [4.78, 5) is 13.4. The predicted molar refractivity (Wildman–Crippen MR) is 117 cm³/mol. The van der Waals surface area contributed by atoms with Crippen LogP contribution in [-0.2, 0) is 9.47 Å². The molecule has 32 heavy (non-hydrogen) atoms. The van der Waals surface area contributed by atoms with E-state index in [2.05, 4.69) is 19.8 Å². The molecule has 0 amide bonds. The van der Waals surface area contributed by atoms with Gasteiger partial charge in [-0.25, -0.2) is 9.97 Å². The van der Waals surface area contributed by atoms with Gasteiger partial charge in [0, 0.05) is 31.4 Å². The number of piperidine rings is 1. The summed E-state index contributed by atoms with van der Waals surface area (Å²) in [5.41, 5.74) is 6.72. The van der Waals surface area contributed by atoms with Crippen molar-refractivity contribution < 1.29 is 19.7 Å². The van der Waals surface area contributed by atoms with Crippen LogP contribution in [0, 0.1) is 0 Å². The fraction of sp³-hybridized carbons (Fsp3) is 0.727. The number of aromatic nitrogens is 3. The van der Waals surface area contributed by atoms with Gasteiger partial charge >= 0.3 is 0 Å². The predicted octanol–water partition coefficient (Wildman–Crippen LogP) is -0.0381. The van der Waals surface area contributed by atoms with Crippen LogP contribution in [0.2, 0.25) is 0 Å². The second-order valence-corrected chi connectivity index (χ2v) is 9.77. The molecule has 0 saturated carbocycles. The Morgan fingerprint density at radius 2 is 1.91 bits per heavy atom. The normalized spacial score (nSPS) is 33.9. The van der Waals surface area contributed by atoms with Crippen molar-refractivity contribution >= 4 is 16.9 Å². The third-order valence-corrected chi connectivity index (χ3v) is 8.16. The van der Waals surface area contributed by atoms with E-state index in [9.17, 15) is 10.2 Å². The first kappa shape index (κ1) is 20.8. The Hall–Kier alpha value is -1.82. The van der Waals surface area contributed by atoms with E-state index in [0.29, 0.717) is 29.4 Å². The van der Waals surface area contributed by atoms with E-state index in [4.69, 9.17) is 15.2 Å². The third kappa shape index (κ3) is 3.24. The van der Waals surface area contributed by atoms with Gasteiger partial charge in [0.05, 0.1) is 24.6 Å². The van der Waals surface area contributed by atoms with Gasteiger partial charge in [0.1, 0.15) is 36.1 Å². The molecule has 10 heteroatoms. The molecule has 174 valence electrons. The molecule has 0 bridgehead atoms. The van der Waals surface area contributed by atoms with Gasteiger partial charge in [-0.15, -0.1) is 0 Å². The van der Waals surface area contributed by atoms with Crippen molar-refractivity contribution in [1.29, 1.82) is 0 Å². The lowest BCUT2D eigenvalue weighted by molar-refractivity contribution is -0.0910. The van der Waals surface area contributed by atoms with E-state index in [0.717, 1.165) is 45.7 Å². The molecule has 4 N–H and O–H groups in total. The fourth-order valence-electron chi connectivity index (χ4n) is 6.11. The van der Waals surface area contributed by atoms with E-state index in [1.165, 1.54) is 19.2 Å². The summed E-state index contributed by atoms with van der Waals surface area (Å²) in [6.45, 7) is 5.56. The highest BCUT2D eigenvalue weighted by molar-refractivity contribution is 5.86. The van der Waals surface area contributed by atoms with Crippen molar-refractivity contribution in [2.24, 2.45) is 0 Å². The Morgan fingerprint density at radius 3 is 2.66 bits per heavy atom. The lowest BCUT2D eigenvalue weighted by Crippen LogP contribution is -2.59. The van der Waals surface area contributed by atoms with Crippen molar-refractivity contribution in [2.45, 2.75) is 61.8 Å². The molecule has 6 heterocycles. The summed E-state index contributed by atoms with van der Waals surface area (Å²) in [5.74, 6) is 0.386. The molecule has 2 aromatic rings. The van der Waals surface area contributed by atoms with Crippen LogP contribution in [0.3, 0.4) is 0 Å². The smallest absolute Gasteiger partial charge is 0.164 e. The first-order valence-corrected chi connectivity index (χ1v) is 11.7. The summed E-state index contributed by atoms with van der Waals surface area (Å²) in [7, 11) is 0. The van der Waals surface area contributed by atoms with Gasteiger partial charge in [0.25, 0.3) is 0 Å². The number of rotatable bonds is 4. The average molecular weight is 445 g/mol. The minimum Gasteiger partial charge on any atom is -0.387 e. The first-order valence-electron chi connectivity index (χ1n) is 11.7. The molecule has 0 aliphatic carbocycles. The molecule has 4 aliphatic heterocycles. The third-order valence-electron chi connectivity index (χ3n) is 8.16. The second-order valence-electron chi connectivity index (χ2n) is 9.77. The highest BCUT2D eigenvalue weighted by Crippen LogP contribution is 2.41. The molecule has 4 atom stereocenters. The summed E-state index contributed by atoms with van der Waals surface area (Å²) in [5, 5.41) is 22.4. The van der Waals surface area contributed by atoms with Crippen LogP contribution in [0.1, 0.15) is 31.9 Å². The zero-order valence-corrected chi connectivity index (χ0v) is 18.2. The Balaban J connectivity index is 1.16. The van der Waals surface area contributed by atoms with Crippen LogP contribution in [0.4, 0.5) is 5.82 Å². The molecule has 1 spiro atoms. The number of hydrogen-bond donors (Lipinski definition) is 3. The monoisotopic (exact) mass is 444 g/mol. The zero-order valence-electron chi connectivity index (χ0n) is 18.2. The van der Waals surface area contributed by atoms with Crippen LogP contribution >= 0.6 is 0 Å². The van der Waals surface area contributed by atoms with Crippen molar-refractivity contribution in [2.75, 3.05) is 45.1 Å². The second kappa shape index (κ2) is 7.89. The number of likely N-dealkylation sites (tertiary alicyclic amines) is 2. The number of nitrogen functional groups attached to an aromatic ring is 1.